The van der Waals surface area contributed by atoms with Crippen molar-refractivity contribution in [3.63, 3.8) is 0 Å². The van der Waals surface area contributed by atoms with Crippen LogP contribution in [0.1, 0.15) is 24.1 Å². The van der Waals surface area contributed by atoms with Crippen molar-refractivity contribution in [3.05, 3.63) is 41.7 Å². The van der Waals surface area contributed by atoms with Gasteiger partial charge < -0.3 is 14.8 Å². The Bertz CT molecular complexity index is 511. The van der Waals surface area contributed by atoms with E-state index in [0.717, 1.165) is 22.6 Å². The molecule has 19 heavy (non-hydrogen) atoms. The fraction of sp³-hybridized carbons (Fsp3) is 0.357. The summed E-state index contributed by atoms with van der Waals surface area (Å²) in [5, 5.41) is 10.2. The van der Waals surface area contributed by atoms with E-state index < -0.39 is 0 Å². The largest absolute Gasteiger partial charge is 0.497 e. The van der Waals surface area contributed by atoms with Crippen molar-refractivity contribution in [2.75, 3.05) is 14.2 Å². The zero-order valence-electron chi connectivity index (χ0n) is 11.4. The minimum atomic E-state index is 0.217. The molecule has 2 aromatic rings. The maximum Gasteiger partial charge on any atom is 0.123 e. The Morgan fingerprint density at radius 3 is 2.79 bits per heavy atom. The van der Waals surface area contributed by atoms with Crippen molar-refractivity contribution in [1.29, 1.82) is 0 Å². The Labute approximate surface area is 112 Å². The first-order valence-corrected chi connectivity index (χ1v) is 6.17. The van der Waals surface area contributed by atoms with Crippen LogP contribution in [0.5, 0.6) is 11.5 Å². The van der Waals surface area contributed by atoms with Gasteiger partial charge in [0.25, 0.3) is 0 Å². The summed E-state index contributed by atoms with van der Waals surface area (Å²) in [7, 11) is 3.33. The van der Waals surface area contributed by atoms with E-state index in [9.17, 15) is 0 Å². The molecule has 0 saturated heterocycles. The van der Waals surface area contributed by atoms with Crippen LogP contribution in [0.2, 0.25) is 0 Å². The van der Waals surface area contributed by atoms with Gasteiger partial charge in [-0.1, -0.05) is 0 Å². The molecule has 0 bridgehead atoms. The zero-order chi connectivity index (χ0) is 13.7. The van der Waals surface area contributed by atoms with Crippen LogP contribution in [0.15, 0.2) is 30.6 Å². The highest BCUT2D eigenvalue weighted by atomic mass is 16.5. The van der Waals surface area contributed by atoms with Gasteiger partial charge in [0.15, 0.2) is 0 Å². The molecule has 1 aromatic heterocycles. The van der Waals surface area contributed by atoms with Crippen LogP contribution in [0.25, 0.3) is 0 Å². The van der Waals surface area contributed by atoms with Crippen LogP contribution in [-0.4, -0.2) is 24.4 Å². The zero-order valence-corrected chi connectivity index (χ0v) is 11.4. The van der Waals surface area contributed by atoms with Gasteiger partial charge in [-0.15, -0.1) is 0 Å². The molecule has 0 radical (unpaired) electrons. The Balaban J connectivity index is 2.05. The van der Waals surface area contributed by atoms with Gasteiger partial charge in [-0.05, 0) is 25.1 Å². The first-order valence-electron chi connectivity index (χ1n) is 6.17. The van der Waals surface area contributed by atoms with Crippen LogP contribution in [0.4, 0.5) is 0 Å². The summed E-state index contributed by atoms with van der Waals surface area (Å²) in [4.78, 5) is 0. The minimum absolute atomic E-state index is 0.217. The molecule has 1 aromatic carbocycles. The molecule has 0 saturated carbocycles. The van der Waals surface area contributed by atoms with Gasteiger partial charge in [-0.2, -0.15) is 5.10 Å². The number of nitrogens with one attached hydrogen (secondary N) is 2. The van der Waals surface area contributed by atoms with Crippen molar-refractivity contribution in [3.8, 4) is 11.5 Å². The number of ether oxygens (including phenoxy) is 2. The number of benzene rings is 1. The van der Waals surface area contributed by atoms with Gasteiger partial charge in [-0.25, -0.2) is 0 Å². The lowest BCUT2D eigenvalue weighted by molar-refractivity contribution is 0.395. The average Bonchev–Trinajstić information content (AvgIpc) is 2.98. The van der Waals surface area contributed by atoms with Crippen molar-refractivity contribution in [2.45, 2.75) is 19.5 Å². The van der Waals surface area contributed by atoms with E-state index in [1.807, 2.05) is 30.6 Å². The maximum atomic E-state index is 5.35. The molecule has 102 valence electrons. The molecule has 1 atom stereocenters. The molecule has 0 amide bonds. The summed E-state index contributed by atoms with van der Waals surface area (Å²) in [5.74, 6) is 1.68. The quantitative estimate of drug-likeness (QED) is 0.837. The molecule has 1 heterocycles. The fourth-order valence-electron chi connectivity index (χ4n) is 1.90. The smallest absolute Gasteiger partial charge is 0.123 e. The standard InChI is InChI=1S/C14H19N3O2/c1-10(12-8-16-17-9-12)15-7-11-6-13(18-2)4-5-14(11)19-3/h4-6,8-10,15H,7H2,1-3H3,(H,16,17). The number of methoxy groups -OCH3 is 2. The fourth-order valence-corrected chi connectivity index (χ4v) is 1.90. The number of nitrogens with zero attached hydrogens (tertiary/aromatic N) is 1. The summed E-state index contributed by atoms with van der Waals surface area (Å²) in [6, 6.07) is 6.00. The number of hydrogen-bond acceptors (Lipinski definition) is 4. The normalized spacial score (nSPS) is 12.2. The Morgan fingerprint density at radius 2 is 2.16 bits per heavy atom. The van der Waals surface area contributed by atoms with E-state index >= 15 is 0 Å². The maximum absolute atomic E-state index is 5.35. The van der Waals surface area contributed by atoms with Crippen molar-refractivity contribution < 1.29 is 9.47 Å². The summed E-state index contributed by atoms with van der Waals surface area (Å²) in [6.07, 6.45) is 3.71. The number of aromatic nitrogens is 2. The third-order valence-electron chi connectivity index (χ3n) is 3.11. The summed E-state index contributed by atoms with van der Waals surface area (Å²) in [5.41, 5.74) is 2.19. The number of aromatic amines is 1. The van der Waals surface area contributed by atoms with Gasteiger partial charge in [0.05, 0.1) is 20.4 Å². The average molecular weight is 261 g/mol. The first kappa shape index (κ1) is 13.4. The highest BCUT2D eigenvalue weighted by molar-refractivity contribution is 5.40. The molecule has 5 heteroatoms. The van der Waals surface area contributed by atoms with Crippen LogP contribution >= 0.6 is 0 Å². The molecule has 0 aliphatic rings. The van der Waals surface area contributed by atoms with Gasteiger partial charge in [0, 0.05) is 29.9 Å². The van der Waals surface area contributed by atoms with E-state index in [0.29, 0.717) is 6.54 Å². The molecule has 0 aliphatic heterocycles. The Kier molecular flexibility index (Phi) is 4.41. The molecule has 0 aliphatic carbocycles. The lowest BCUT2D eigenvalue weighted by Crippen LogP contribution is -2.18. The summed E-state index contributed by atoms with van der Waals surface area (Å²) in [6.45, 7) is 2.80. The predicted molar refractivity (Wildman–Crippen MR) is 73.4 cm³/mol. The Morgan fingerprint density at radius 1 is 1.32 bits per heavy atom. The molecule has 0 fully saturated rings. The SMILES string of the molecule is COc1ccc(OC)c(CNC(C)c2cn[nH]c2)c1. The molecular weight excluding hydrogens is 242 g/mol. The molecule has 2 N–H and O–H groups in total. The molecule has 0 spiro atoms. The molecular formula is C14H19N3O2. The first-order chi connectivity index (χ1) is 9.24. The number of H-pyrrole nitrogens is 1. The van der Waals surface area contributed by atoms with Crippen molar-refractivity contribution in [1.82, 2.24) is 15.5 Å². The summed E-state index contributed by atoms with van der Waals surface area (Å²) >= 11 is 0. The third kappa shape index (κ3) is 3.26. The van der Waals surface area contributed by atoms with E-state index in [2.05, 4.69) is 22.4 Å². The molecule has 1 unspecified atom stereocenters. The van der Waals surface area contributed by atoms with E-state index in [1.165, 1.54) is 0 Å². The van der Waals surface area contributed by atoms with Crippen molar-refractivity contribution in [2.24, 2.45) is 0 Å². The predicted octanol–water partition coefficient (Wildman–Crippen LogP) is 2.28. The second-order valence-electron chi connectivity index (χ2n) is 4.31. The van der Waals surface area contributed by atoms with Crippen LogP contribution in [0, 0.1) is 0 Å². The van der Waals surface area contributed by atoms with Gasteiger partial charge in [0.2, 0.25) is 0 Å². The lowest BCUT2D eigenvalue weighted by Gasteiger charge is -2.15. The van der Waals surface area contributed by atoms with Crippen molar-refractivity contribution >= 4 is 0 Å². The number of hydrogen-bond donors (Lipinski definition) is 2. The van der Waals surface area contributed by atoms with Crippen LogP contribution in [0.3, 0.4) is 0 Å². The summed E-state index contributed by atoms with van der Waals surface area (Å²) < 4.78 is 10.6. The minimum Gasteiger partial charge on any atom is -0.497 e. The monoisotopic (exact) mass is 261 g/mol. The van der Waals surface area contributed by atoms with E-state index in [4.69, 9.17) is 9.47 Å². The van der Waals surface area contributed by atoms with E-state index in [-0.39, 0.29) is 6.04 Å². The highest BCUT2D eigenvalue weighted by Crippen LogP contribution is 2.24. The Hall–Kier alpha value is -2.01. The van der Waals surface area contributed by atoms with Gasteiger partial charge >= 0.3 is 0 Å². The van der Waals surface area contributed by atoms with E-state index in [1.54, 1.807) is 14.2 Å². The van der Waals surface area contributed by atoms with Crippen LogP contribution < -0.4 is 14.8 Å². The molecule has 2 rings (SSSR count). The van der Waals surface area contributed by atoms with Gasteiger partial charge in [0.1, 0.15) is 11.5 Å². The second-order valence-corrected chi connectivity index (χ2v) is 4.31. The third-order valence-corrected chi connectivity index (χ3v) is 3.11. The topological polar surface area (TPSA) is 59.2 Å². The van der Waals surface area contributed by atoms with Crippen LogP contribution in [-0.2, 0) is 6.54 Å². The lowest BCUT2D eigenvalue weighted by atomic mass is 10.1. The number of rotatable bonds is 6. The second kappa shape index (κ2) is 6.24. The van der Waals surface area contributed by atoms with Gasteiger partial charge in [-0.3, -0.25) is 5.10 Å². The molecule has 5 nitrogen and oxygen atoms in total. The highest BCUT2D eigenvalue weighted by Gasteiger charge is 2.09.